The van der Waals surface area contributed by atoms with Crippen LogP contribution in [-0.4, -0.2) is 35.3 Å². The number of aromatic carboxylic acids is 1. The highest BCUT2D eigenvalue weighted by Crippen LogP contribution is 2.21. The number of phenols is 1. The molecule has 3 rings (SSSR count). The number of hydrogen-bond acceptors (Lipinski definition) is 5. The first-order valence-electron chi connectivity index (χ1n) is 6.59. The molecule has 0 aliphatic rings. The van der Waals surface area contributed by atoms with Crippen LogP contribution in [0.1, 0.15) is 15.9 Å². The lowest BCUT2D eigenvalue weighted by atomic mass is 10.1. The summed E-state index contributed by atoms with van der Waals surface area (Å²) in [5.74, 6) is -1.77. The van der Waals surface area contributed by atoms with Gasteiger partial charge >= 0.3 is 11.7 Å². The molecule has 0 atom stereocenters. The van der Waals surface area contributed by atoms with Crippen molar-refractivity contribution < 1.29 is 15.0 Å². The average molecular weight is 316 g/mol. The summed E-state index contributed by atoms with van der Waals surface area (Å²) in [4.78, 5) is 42.6. The number of carboxylic acids is 1. The van der Waals surface area contributed by atoms with Crippen molar-refractivity contribution in [3.05, 3.63) is 56.5 Å². The number of hydrogen-bond donors (Lipinski definition) is 3. The molecule has 0 bridgehead atoms. The molecule has 23 heavy (non-hydrogen) atoms. The number of aromatic hydroxyl groups is 1. The summed E-state index contributed by atoms with van der Waals surface area (Å²) in [5, 5.41) is 18.9. The highest BCUT2D eigenvalue weighted by molar-refractivity contribution is 5.92. The Kier molecular flexibility index (Phi) is 3.25. The lowest BCUT2D eigenvalue weighted by Crippen LogP contribution is -2.39. The molecule has 1 aromatic carbocycles. The minimum absolute atomic E-state index is 0.143. The lowest BCUT2D eigenvalue weighted by molar-refractivity contribution is 0.0692. The smallest absolute Gasteiger partial charge is 0.339 e. The number of imidazole rings is 1. The number of aromatic amines is 1. The molecule has 0 radical (unpaired) electrons. The van der Waals surface area contributed by atoms with Crippen molar-refractivity contribution >= 4 is 17.1 Å². The predicted molar refractivity (Wildman–Crippen MR) is 79.8 cm³/mol. The third kappa shape index (κ3) is 2.18. The summed E-state index contributed by atoms with van der Waals surface area (Å²) in [6.07, 6.45) is 1.30. The molecule has 0 aliphatic carbocycles. The fourth-order valence-electron chi connectivity index (χ4n) is 2.47. The molecule has 0 aliphatic heterocycles. The first kappa shape index (κ1) is 14.6. The molecule has 0 unspecified atom stereocenters. The van der Waals surface area contributed by atoms with Gasteiger partial charge in [-0.2, -0.15) is 0 Å². The van der Waals surface area contributed by atoms with Crippen LogP contribution >= 0.6 is 0 Å². The van der Waals surface area contributed by atoms with Gasteiger partial charge in [0.15, 0.2) is 5.65 Å². The average Bonchev–Trinajstić information content (AvgIpc) is 2.99. The maximum atomic E-state index is 12.4. The number of benzene rings is 1. The first-order chi connectivity index (χ1) is 10.9. The zero-order chi connectivity index (χ0) is 16.7. The SMILES string of the molecule is Cn1c(=O)n(Cc2cccc(O)c2C(=O)O)c(=O)c2[nH]cnc21. The molecule has 3 aromatic rings. The second-order valence-electron chi connectivity index (χ2n) is 4.95. The normalized spacial score (nSPS) is 11.0. The van der Waals surface area contributed by atoms with E-state index in [0.717, 1.165) is 4.57 Å². The number of nitrogens with one attached hydrogen (secondary N) is 1. The van der Waals surface area contributed by atoms with E-state index in [9.17, 15) is 24.6 Å². The Morgan fingerprint density at radius 1 is 1.35 bits per heavy atom. The van der Waals surface area contributed by atoms with E-state index in [4.69, 9.17) is 0 Å². The molecular weight excluding hydrogens is 304 g/mol. The maximum absolute atomic E-state index is 12.4. The maximum Gasteiger partial charge on any atom is 0.339 e. The summed E-state index contributed by atoms with van der Waals surface area (Å²) < 4.78 is 2.08. The summed E-state index contributed by atoms with van der Waals surface area (Å²) in [7, 11) is 1.46. The fourth-order valence-corrected chi connectivity index (χ4v) is 2.47. The first-order valence-corrected chi connectivity index (χ1v) is 6.59. The Labute approximate surface area is 128 Å². The number of aryl methyl sites for hydroxylation is 1. The molecule has 9 nitrogen and oxygen atoms in total. The van der Waals surface area contributed by atoms with E-state index in [1.54, 1.807) is 0 Å². The van der Waals surface area contributed by atoms with Crippen LogP contribution in [0.15, 0.2) is 34.1 Å². The van der Waals surface area contributed by atoms with Crippen molar-refractivity contribution in [1.82, 2.24) is 19.1 Å². The third-order valence-corrected chi connectivity index (χ3v) is 3.58. The molecule has 3 N–H and O–H groups in total. The highest BCUT2D eigenvalue weighted by atomic mass is 16.4. The Hall–Kier alpha value is -3.36. The number of fused-ring (bicyclic) bond motifs is 1. The number of aromatic nitrogens is 4. The van der Waals surface area contributed by atoms with Crippen LogP contribution in [0.4, 0.5) is 0 Å². The number of carbonyl (C=O) groups is 1. The molecule has 118 valence electrons. The van der Waals surface area contributed by atoms with Gasteiger partial charge in [0.2, 0.25) is 0 Å². The highest BCUT2D eigenvalue weighted by Gasteiger charge is 2.18. The van der Waals surface area contributed by atoms with Crippen molar-refractivity contribution in [3.63, 3.8) is 0 Å². The Bertz CT molecular complexity index is 1040. The standard InChI is InChI=1S/C14H12N4O5/c1-17-11-10(15-6-16-11)12(20)18(14(17)23)5-7-3-2-4-8(19)9(7)13(21)22/h2-4,6,19H,5H2,1H3,(H,15,16)(H,21,22). The van der Waals surface area contributed by atoms with E-state index in [1.165, 1.54) is 36.1 Å². The molecule has 2 aromatic heterocycles. The van der Waals surface area contributed by atoms with E-state index >= 15 is 0 Å². The van der Waals surface area contributed by atoms with E-state index in [0.29, 0.717) is 0 Å². The lowest BCUT2D eigenvalue weighted by Gasteiger charge is -2.11. The van der Waals surface area contributed by atoms with Gasteiger partial charge in [0, 0.05) is 7.05 Å². The Morgan fingerprint density at radius 2 is 2.09 bits per heavy atom. The Balaban J connectivity index is 2.25. The molecule has 2 heterocycles. The van der Waals surface area contributed by atoms with Crippen molar-refractivity contribution in [2.75, 3.05) is 0 Å². The minimum atomic E-state index is -1.34. The van der Waals surface area contributed by atoms with Gasteiger partial charge in [-0.3, -0.25) is 13.9 Å². The van der Waals surface area contributed by atoms with E-state index in [-0.39, 0.29) is 28.8 Å². The van der Waals surface area contributed by atoms with Crippen LogP contribution < -0.4 is 11.2 Å². The summed E-state index contributed by atoms with van der Waals surface area (Å²) in [5.41, 5.74) is -1.08. The van der Waals surface area contributed by atoms with Crippen molar-refractivity contribution in [1.29, 1.82) is 0 Å². The minimum Gasteiger partial charge on any atom is -0.507 e. The van der Waals surface area contributed by atoms with Crippen LogP contribution in [-0.2, 0) is 13.6 Å². The fraction of sp³-hybridized carbons (Fsp3) is 0.143. The van der Waals surface area contributed by atoms with Crippen LogP contribution in [0, 0.1) is 0 Å². The van der Waals surface area contributed by atoms with Gasteiger partial charge in [0.1, 0.15) is 16.8 Å². The number of carboxylic acid groups (broad SMARTS) is 1. The van der Waals surface area contributed by atoms with E-state index in [2.05, 4.69) is 9.97 Å². The van der Waals surface area contributed by atoms with Crippen LogP contribution in [0.5, 0.6) is 5.75 Å². The van der Waals surface area contributed by atoms with Gasteiger partial charge in [0.25, 0.3) is 5.56 Å². The van der Waals surface area contributed by atoms with Gasteiger partial charge in [-0.05, 0) is 11.6 Å². The zero-order valence-electron chi connectivity index (χ0n) is 12.0. The number of nitrogens with zero attached hydrogens (tertiary/aromatic N) is 3. The molecule has 9 heteroatoms. The summed E-state index contributed by atoms with van der Waals surface area (Å²) >= 11 is 0. The van der Waals surface area contributed by atoms with Crippen molar-refractivity contribution in [2.45, 2.75) is 6.54 Å². The molecule has 0 amide bonds. The molecule has 0 fully saturated rings. The number of rotatable bonds is 3. The topological polar surface area (TPSA) is 130 Å². The van der Waals surface area contributed by atoms with E-state index in [1.807, 2.05) is 0 Å². The monoisotopic (exact) mass is 316 g/mol. The van der Waals surface area contributed by atoms with Crippen LogP contribution in [0.25, 0.3) is 11.2 Å². The molecule has 0 spiro atoms. The van der Waals surface area contributed by atoms with Gasteiger partial charge in [0.05, 0.1) is 12.9 Å². The summed E-state index contributed by atoms with van der Waals surface area (Å²) in [6.45, 7) is -0.281. The van der Waals surface area contributed by atoms with Crippen molar-refractivity contribution in [3.8, 4) is 5.75 Å². The largest absolute Gasteiger partial charge is 0.507 e. The van der Waals surface area contributed by atoms with Crippen LogP contribution in [0.2, 0.25) is 0 Å². The number of H-pyrrole nitrogens is 1. The third-order valence-electron chi connectivity index (χ3n) is 3.58. The quantitative estimate of drug-likeness (QED) is 0.617. The molecular formula is C14H12N4O5. The van der Waals surface area contributed by atoms with Gasteiger partial charge in [-0.1, -0.05) is 12.1 Å². The van der Waals surface area contributed by atoms with Crippen LogP contribution in [0.3, 0.4) is 0 Å². The predicted octanol–water partition coefficient (Wildman–Crippen LogP) is -0.125. The summed E-state index contributed by atoms with van der Waals surface area (Å²) in [6, 6.07) is 4.11. The zero-order valence-corrected chi connectivity index (χ0v) is 12.0. The second kappa shape index (κ2) is 5.13. The second-order valence-corrected chi connectivity index (χ2v) is 4.95. The Morgan fingerprint density at radius 3 is 2.78 bits per heavy atom. The van der Waals surface area contributed by atoms with E-state index < -0.39 is 23.0 Å². The molecule has 0 saturated carbocycles. The molecule has 0 saturated heterocycles. The van der Waals surface area contributed by atoms with Gasteiger partial charge in [-0.15, -0.1) is 0 Å². The van der Waals surface area contributed by atoms with Gasteiger partial charge < -0.3 is 15.2 Å². The van der Waals surface area contributed by atoms with Crippen molar-refractivity contribution in [2.24, 2.45) is 7.05 Å². The van der Waals surface area contributed by atoms with Gasteiger partial charge in [-0.25, -0.2) is 14.6 Å².